The highest BCUT2D eigenvalue weighted by Gasteiger charge is 2.23. The third-order valence-corrected chi connectivity index (χ3v) is 4.15. The second-order valence-electron chi connectivity index (χ2n) is 6.03. The molecule has 1 rings (SSSR count). The number of nitrogens with one attached hydrogen (secondary N) is 2. The number of unbranched alkanes of at least 4 members (excludes halogenated alkanes) is 2. The van der Waals surface area contributed by atoms with Crippen molar-refractivity contribution in [2.24, 2.45) is 16.6 Å². The van der Waals surface area contributed by atoms with Gasteiger partial charge in [-0.2, -0.15) is 0 Å². The predicted molar refractivity (Wildman–Crippen MR) is 91.9 cm³/mol. The zero-order chi connectivity index (χ0) is 16.2. The van der Waals surface area contributed by atoms with Crippen molar-refractivity contribution < 1.29 is 4.79 Å². The molecule has 1 heterocycles. The lowest BCUT2D eigenvalue weighted by atomic mass is 9.97. The summed E-state index contributed by atoms with van der Waals surface area (Å²) in [4.78, 5) is 17.8. The van der Waals surface area contributed by atoms with Crippen LogP contribution in [0, 0.1) is 5.92 Å². The van der Waals surface area contributed by atoms with Gasteiger partial charge in [-0.1, -0.05) is 19.8 Å². The number of primary amides is 1. The molecule has 0 saturated carbocycles. The molecule has 0 aliphatic carbocycles. The van der Waals surface area contributed by atoms with Crippen molar-refractivity contribution in [2.75, 3.05) is 39.8 Å². The molecule has 1 aliphatic heterocycles. The first-order chi connectivity index (χ1) is 10.7. The third-order valence-electron chi connectivity index (χ3n) is 4.15. The van der Waals surface area contributed by atoms with Gasteiger partial charge in [-0.15, -0.1) is 0 Å². The molecule has 1 saturated heterocycles. The SMILES string of the molecule is CCCCCNC(=NC)NCCCN1CCCC(C(N)=O)C1. The highest BCUT2D eigenvalue weighted by atomic mass is 16.1. The Morgan fingerprint density at radius 2 is 2.00 bits per heavy atom. The second kappa shape index (κ2) is 11.3. The molecule has 1 unspecified atom stereocenters. The minimum absolute atomic E-state index is 0.0368. The molecular formula is C16H33N5O. The van der Waals surface area contributed by atoms with E-state index in [1.54, 1.807) is 7.05 Å². The van der Waals surface area contributed by atoms with Crippen LogP contribution >= 0.6 is 0 Å². The first kappa shape index (κ1) is 18.7. The van der Waals surface area contributed by atoms with E-state index in [4.69, 9.17) is 5.73 Å². The zero-order valence-corrected chi connectivity index (χ0v) is 14.2. The minimum Gasteiger partial charge on any atom is -0.369 e. The molecule has 1 aliphatic rings. The van der Waals surface area contributed by atoms with Gasteiger partial charge in [0.05, 0.1) is 5.92 Å². The molecule has 0 spiro atoms. The van der Waals surface area contributed by atoms with E-state index in [9.17, 15) is 4.79 Å². The van der Waals surface area contributed by atoms with Crippen molar-refractivity contribution in [3.05, 3.63) is 0 Å². The van der Waals surface area contributed by atoms with E-state index in [0.29, 0.717) is 0 Å². The largest absolute Gasteiger partial charge is 0.369 e. The Hall–Kier alpha value is -1.30. The van der Waals surface area contributed by atoms with E-state index < -0.39 is 0 Å². The number of nitrogens with zero attached hydrogens (tertiary/aromatic N) is 2. The molecule has 1 amide bonds. The van der Waals surface area contributed by atoms with Gasteiger partial charge >= 0.3 is 0 Å². The van der Waals surface area contributed by atoms with Crippen LogP contribution in [-0.2, 0) is 4.79 Å². The fourth-order valence-electron chi connectivity index (χ4n) is 2.80. The molecule has 6 heteroatoms. The molecule has 6 nitrogen and oxygen atoms in total. The van der Waals surface area contributed by atoms with Crippen LogP contribution in [0.15, 0.2) is 4.99 Å². The summed E-state index contributed by atoms with van der Waals surface area (Å²) in [5.41, 5.74) is 5.41. The van der Waals surface area contributed by atoms with Gasteiger partial charge in [-0.3, -0.25) is 9.79 Å². The van der Waals surface area contributed by atoms with Crippen LogP contribution < -0.4 is 16.4 Å². The summed E-state index contributed by atoms with van der Waals surface area (Å²) in [5.74, 6) is 0.763. The second-order valence-corrected chi connectivity index (χ2v) is 6.03. The van der Waals surface area contributed by atoms with Crippen LogP contribution in [-0.4, -0.2) is 56.5 Å². The van der Waals surface area contributed by atoms with E-state index >= 15 is 0 Å². The standard InChI is InChI=1S/C16H33N5O/c1-3-4-5-9-19-16(18-2)20-10-7-12-21-11-6-8-14(13-21)15(17)22/h14H,3-13H2,1-2H3,(H2,17,22)(H2,18,19,20). The molecule has 22 heavy (non-hydrogen) atoms. The number of guanidine groups is 1. The lowest BCUT2D eigenvalue weighted by molar-refractivity contribution is -0.123. The number of hydrogen-bond donors (Lipinski definition) is 3. The van der Waals surface area contributed by atoms with Gasteiger partial charge in [-0.05, 0) is 38.8 Å². The van der Waals surface area contributed by atoms with Crippen molar-refractivity contribution >= 4 is 11.9 Å². The minimum atomic E-state index is -0.153. The smallest absolute Gasteiger partial charge is 0.221 e. The van der Waals surface area contributed by atoms with E-state index in [-0.39, 0.29) is 11.8 Å². The van der Waals surface area contributed by atoms with E-state index in [1.807, 2.05) is 0 Å². The van der Waals surface area contributed by atoms with Crippen molar-refractivity contribution in [2.45, 2.75) is 45.4 Å². The average molecular weight is 311 g/mol. The summed E-state index contributed by atoms with van der Waals surface area (Å²) in [6, 6.07) is 0. The number of amides is 1. The van der Waals surface area contributed by atoms with Gasteiger partial charge < -0.3 is 21.3 Å². The van der Waals surface area contributed by atoms with Crippen LogP contribution in [0.3, 0.4) is 0 Å². The molecule has 0 aromatic rings. The first-order valence-corrected chi connectivity index (χ1v) is 8.63. The summed E-state index contributed by atoms with van der Waals surface area (Å²) < 4.78 is 0. The quantitative estimate of drug-likeness (QED) is 0.336. The van der Waals surface area contributed by atoms with Gasteiger partial charge in [-0.25, -0.2) is 0 Å². The Labute approximate surface area is 134 Å². The van der Waals surface area contributed by atoms with Crippen LogP contribution in [0.5, 0.6) is 0 Å². The molecule has 1 fully saturated rings. The van der Waals surface area contributed by atoms with Crippen molar-refractivity contribution in [3.8, 4) is 0 Å². The van der Waals surface area contributed by atoms with Crippen molar-refractivity contribution in [3.63, 3.8) is 0 Å². The number of likely N-dealkylation sites (tertiary alicyclic amines) is 1. The van der Waals surface area contributed by atoms with Gasteiger partial charge in [0.1, 0.15) is 0 Å². The molecule has 0 aromatic heterocycles. The average Bonchev–Trinajstić information content (AvgIpc) is 2.53. The van der Waals surface area contributed by atoms with Gasteiger partial charge in [0, 0.05) is 26.7 Å². The number of piperidine rings is 1. The highest BCUT2D eigenvalue weighted by molar-refractivity contribution is 5.79. The maximum absolute atomic E-state index is 11.3. The Morgan fingerprint density at radius 1 is 1.27 bits per heavy atom. The molecule has 4 N–H and O–H groups in total. The summed E-state index contributed by atoms with van der Waals surface area (Å²) in [7, 11) is 1.80. The fourth-order valence-corrected chi connectivity index (χ4v) is 2.80. The van der Waals surface area contributed by atoms with E-state index in [1.165, 1.54) is 19.3 Å². The molecular weight excluding hydrogens is 278 g/mol. The number of rotatable bonds is 9. The Bertz CT molecular complexity index is 345. The highest BCUT2D eigenvalue weighted by Crippen LogP contribution is 2.15. The monoisotopic (exact) mass is 311 g/mol. The van der Waals surface area contributed by atoms with Crippen LogP contribution in [0.4, 0.5) is 0 Å². The summed E-state index contributed by atoms with van der Waals surface area (Å²) in [6.45, 7) is 6.97. The van der Waals surface area contributed by atoms with Crippen molar-refractivity contribution in [1.82, 2.24) is 15.5 Å². The van der Waals surface area contributed by atoms with Gasteiger partial charge in [0.15, 0.2) is 5.96 Å². The zero-order valence-electron chi connectivity index (χ0n) is 14.2. The summed E-state index contributed by atoms with van der Waals surface area (Å²) in [5, 5.41) is 6.67. The maximum atomic E-state index is 11.3. The third kappa shape index (κ3) is 7.64. The predicted octanol–water partition coefficient (Wildman–Crippen LogP) is 0.929. The topological polar surface area (TPSA) is 82.8 Å². The van der Waals surface area contributed by atoms with Crippen LogP contribution in [0.2, 0.25) is 0 Å². The van der Waals surface area contributed by atoms with Gasteiger partial charge in [0.2, 0.25) is 5.91 Å². The number of aliphatic imine (C=N–C) groups is 1. The Balaban J connectivity index is 2.11. The number of carbonyl (C=O) groups excluding carboxylic acids is 1. The molecule has 1 atom stereocenters. The van der Waals surface area contributed by atoms with Crippen molar-refractivity contribution in [1.29, 1.82) is 0 Å². The van der Waals surface area contributed by atoms with Crippen LogP contribution in [0.1, 0.15) is 45.4 Å². The van der Waals surface area contributed by atoms with Crippen LogP contribution in [0.25, 0.3) is 0 Å². The lowest BCUT2D eigenvalue weighted by Crippen LogP contribution is -2.43. The van der Waals surface area contributed by atoms with Gasteiger partial charge in [0.25, 0.3) is 0 Å². The first-order valence-electron chi connectivity index (χ1n) is 8.63. The van der Waals surface area contributed by atoms with E-state index in [0.717, 1.165) is 57.9 Å². The Kier molecular flexibility index (Phi) is 9.62. The molecule has 0 radical (unpaired) electrons. The summed E-state index contributed by atoms with van der Waals surface area (Å²) in [6.07, 6.45) is 6.72. The molecule has 0 bridgehead atoms. The van der Waals surface area contributed by atoms with E-state index in [2.05, 4.69) is 27.4 Å². The summed E-state index contributed by atoms with van der Waals surface area (Å²) >= 11 is 0. The lowest BCUT2D eigenvalue weighted by Gasteiger charge is -2.31. The fraction of sp³-hybridized carbons (Fsp3) is 0.875. The molecule has 128 valence electrons. The normalized spacial score (nSPS) is 19.9. The number of carbonyl (C=O) groups is 1. The number of nitrogens with two attached hydrogens (primary N) is 1. The maximum Gasteiger partial charge on any atom is 0.221 e. The number of hydrogen-bond acceptors (Lipinski definition) is 3. The molecule has 0 aromatic carbocycles. The Morgan fingerprint density at radius 3 is 2.64 bits per heavy atom.